The maximum absolute atomic E-state index is 10.3. The summed E-state index contributed by atoms with van der Waals surface area (Å²) in [5.41, 5.74) is 0.221. The number of nitrogens with zero attached hydrogens (tertiary/aromatic N) is 2. The van der Waals surface area contributed by atoms with E-state index in [0.717, 1.165) is 23.9 Å². The molecule has 1 aromatic heterocycles. The number of aromatic nitrogens is 2. The molecule has 3 heteroatoms. The van der Waals surface area contributed by atoms with Crippen LogP contribution in [0.25, 0.3) is 0 Å². The van der Waals surface area contributed by atoms with E-state index in [-0.39, 0.29) is 0 Å². The Morgan fingerprint density at radius 3 is 2.71 bits per heavy atom. The fourth-order valence-electron chi connectivity index (χ4n) is 1.99. The monoisotopic (exact) mass is 194 g/mol. The molecule has 2 rings (SSSR count). The van der Waals surface area contributed by atoms with Gasteiger partial charge in [0.25, 0.3) is 0 Å². The van der Waals surface area contributed by atoms with Gasteiger partial charge in [-0.3, -0.25) is 0 Å². The van der Waals surface area contributed by atoms with Gasteiger partial charge >= 0.3 is 0 Å². The second-order valence-corrected chi connectivity index (χ2v) is 4.67. The summed E-state index contributed by atoms with van der Waals surface area (Å²) in [6.07, 6.45) is 5.20. The molecule has 1 fully saturated rings. The standard InChI is InChI=1S/C11H18N2O/c1-8-12-7-10(13(8)3)11(2,14)6-9-4-5-9/h7,9,14H,4-6H2,1-3H3. The van der Waals surface area contributed by atoms with Crippen LogP contribution >= 0.6 is 0 Å². The zero-order chi connectivity index (χ0) is 10.3. The Morgan fingerprint density at radius 1 is 1.64 bits per heavy atom. The first kappa shape index (κ1) is 9.71. The van der Waals surface area contributed by atoms with Crippen molar-refractivity contribution in [1.29, 1.82) is 0 Å². The summed E-state index contributed by atoms with van der Waals surface area (Å²) in [6.45, 7) is 3.85. The zero-order valence-electron chi connectivity index (χ0n) is 9.12. The number of imidazole rings is 1. The Labute approximate surface area is 84.8 Å². The van der Waals surface area contributed by atoms with Gasteiger partial charge < -0.3 is 9.67 Å². The summed E-state index contributed by atoms with van der Waals surface area (Å²) >= 11 is 0. The van der Waals surface area contributed by atoms with Crippen LogP contribution < -0.4 is 0 Å². The number of hydrogen-bond acceptors (Lipinski definition) is 2. The number of aryl methyl sites for hydroxylation is 1. The van der Waals surface area contributed by atoms with Crippen LogP contribution in [0.1, 0.15) is 37.7 Å². The first-order valence-electron chi connectivity index (χ1n) is 5.22. The van der Waals surface area contributed by atoms with Crippen molar-refractivity contribution in [2.75, 3.05) is 0 Å². The maximum atomic E-state index is 10.3. The van der Waals surface area contributed by atoms with Gasteiger partial charge in [-0.1, -0.05) is 12.8 Å². The summed E-state index contributed by atoms with van der Waals surface area (Å²) in [4.78, 5) is 4.21. The highest BCUT2D eigenvalue weighted by atomic mass is 16.3. The molecule has 0 bridgehead atoms. The number of aliphatic hydroxyl groups is 1. The Morgan fingerprint density at radius 2 is 2.29 bits per heavy atom. The van der Waals surface area contributed by atoms with Crippen LogP contribution in [0.5, 0.6) is 0 Å². The lowest BCUT2D eigenvalue weighted by atomic mass is 9.95. The molecule has 0 aliphatic heterocycles. The van der Waals surface area contributed by atoms with E-state index in [2.05, 4.69) is 4.98 Å². The molecule has 1 heterocycles. The van der Waals surface area contributed by atoms with E-state index in [1.54, 1.807) is 6.20 Å². The van der Waals surface area contributed by atoms with Crippen molar-refractivity contribution in [1.82, 2.24) is 9.55 Å². The van der Waals surface area contributed by atoms with Crippen molar-refractivity contribution >= 4 is 0 Å². The minimum Gasteiger partial charge on any atom is -0.384 e. The number of rotatable bonds is 3. The summed E-state index contributed by atoms with van der Waals surface area (Å²) in [5, 5.41) is 10.3. The molecule has 0 amide bonds. The molecule has 1 aliphatic carbocycles. The van der Waals surface area contributed by atoms with Gasteiger partial charge in [-0.15, -0.1) is 0 Å². The molecule has 1 aromatic rings. The lowest BCUT2D eigenvalue weighted by Gasteiger charge is -2.23. The Bertz CT molecular complexity index is 337. The second-order valence-electron chi connectivity index (χ2n) is 4.67. The number of hydrogen-bond donors (Lipinski definition) is 1. The molecule has 1 saturated carbocycles. The van der Waals surface area contributed by atoms with Gasteiger partial charge in [0.05, 0.1) is 11.9 Å². The van der Waals surface area contributed by atoms with Gasteiger partial charge in [0.1, 0.15) is 11.4 Å². The average Bonchev–Trinajstić information content (AvgIpc) is 2.80. The quantitative estimate of drug-likeness (QED) is 0.795. The van der Waals surface area contributed by atoms with Crippen molar-refractivity contribution in [3.63, 3.8) is 0 Å². The van der Waals surface area contributed by atoms with Crippen molar-refractivity contribution in [2.45, 2.75) is 38.7 Å². The van der Waals surface area contributed by atoms with Crippen LogP contribution in [-0.2, 0) is 12.6 Å². The molecule has 0 radical (unpaired) electrons. The summed E-state index contributed by atoms with van der Waals surface area (Å²) in [7, 11) is 1.96. The molecule has 0 spiro atoms. The van der Waals surface area contributed by atoms with Crippen molar-refractivity contribution in [2.24, 2.45) is 13.0 Å². The van der Waals surface area contributed by atoms with Gasteiger partial charge in [0.15, 0.2) is 0 Å². The van der Waals surface area contributed by atoms with Gasteiger partial charge in [0, 0.05) is 7.05 Å². The highest BCUT2D eigenvalue weighted by Gasteiger charge is 2.34. The van der Waals surface area contributed by atoms with Crippen molar-refractivity contribution < 1.29 is 5.11 Å². The molecule has 0 saturated heterocycles. The predicted molar refractivity (Wildman–Crippen MR) is 54.9 cm³/mol. The molecule has 1 unspecified atom stereocenters. The van der Waals surface area contributed by atoms with Crippen LogP contribution in [0.2, 0.25) is 0 Å². The maximum Gasteiger partial charge on any atom is 0.105 e. The van der Waals surface area contributed by atoms with E-state index in [4.69, 9.17) is 0 Å². The molecule has 1 aliphatic rings. The molecule has 0 aromatic carbocycles. The third-order valence-electron chi connectivity index (χ3n) is 3.16. The lowest BCUT2D eigenvalue weighted by Crippen LogP contribution is -2.25. The van der Waals surface area contributed by atoms with Crippen LogP contribution in [0, 0.1) is 12.8 Å². The normalized spacial score (nSPS) is 20.9. The van der Waals surface area contributed by atoms with E-state index in [1.807, 2.05) is 25.5 Å². The van der Waals surface area contributed by atoms with Crippen LogP contribution in [0.3, 0.4) is 0 Å². The fraction of sp³-hybridized carbons (Fsp3) is 0.727. The van der Waals surface area contributed by atoms with Crippen LogP contribution in [-0.4, -0.2) is 14.7 Å². The summed E-state index contributed by atoms with van der Waals surface area (Å²) in [5.74, 6) is 1.68. The zero-order valence-corrected chi connectivity index (χ0v) is 9.12. The lowest BCUT2D eigenvalue weighted by molar-refractivity contribution is 0.0344. The van der Waals surface area contributed by atoms with Gasteiger partial charge in [0.2, 0.25) is 0 Å². The molecule has 3 nitrogen and oxygen atoms in total. The Balaban J connectivity index is 2.22. The summed E-state index contributed by atoms with van der Waals surface area (Å²) < 4.78 is 1.97. The Hall–Kier alpha value is -0.830. The van der Waals surface area contributed by atoms with E-state index in [1.165, 1.54) is 12.8 Å². The largest absolute Gasteiger partial charge is 0.384 e. The van der Waals surface area contributed by atoms with Gasteiger partial charge in [-0.05, 0) is 26.2 Å². The average molecular weight is 194 g/mol. The van der Waals surface area contributed by atoms with Gasteiger partial charge in [-0.2, -0.15) is 0 Å². The first-order valence-corrected chi connectivity index (χ1v) is 5.22. The highest BCUT2D eigenvalue weighted by Crippen LogP contribution is 2.40. The van der Waals surface area contributed by atoms with E-state index in [9.17, 15) is 5.11 Å². The minimum absolute atomic E-state index is 0.711. The van der Waals surface area contributed by atoms with Crippen LogP contribution in [0.4, 0.5) is 0 Å². The van der Waals surface area contributed by atoms with E-state index >= 15 is 0 Å². The fourth-order valence-corrected chi connectivity index (χ4v) is 1.99. The molecular formula is C11H18N2O. The Kier molecular flexibility index (Phi) is 2.14. The minimum atomic E-state index is -0.711. The smallest absolute Gasteiger partial charge is 0.105 e. The first-order chi connectivity index (χ1) is 6.50. The van der Waals surface area contributed by atoms with Crippen molar-refractivity contribution in [3.8, 4) is 0 Å². The molecule has 1 N–H and O–H groups in total. The predicted octanol–water partition coefficient (Wildman–Crippen LogP) is 1.74. The molecule has 1 atom stereocenters. The third-order valence-corrected chi connectivity index (χ3v) is 3.16. The van der Waals surface area contributed by atoms with E-state index in [0.29, 0.717) is 0 Å². The molecule has 78 valence electrons. The van der Waals surface area contributed by atoms with Crippen molar-refractivity contribution in [3.05, 3.63) is 17.7 Å². The topological polar surface area (TPSA) is 38.1 Å². The molecular weight excluding hydrogens is 176 g/mol. The second kappa shape index (κ2) is 3.09. The summed E-state index contributed by atoms with van der Waals surface area (Å²) in [6, 6.07) is 0. The van der Waals surface area contributed by atoms with Crippen LogP contribution in [0.15, 0.2) is 6.20 Å². The van der Waals surface area contributed by atoms with E-state index < -0.39 is 5.60 Å². The van der Waals surface area contributed by atoms with Gasteiger partial charge in [-0.25, -0.2) is 4.98 Å². The third kappa shape index (κ3) is 1.69. The highest BCUT2D eigenvalue weighted by molar-refractivity contribution is 5.13. The molecule has 14 heavy (non-hydrogen) atoms. The SMILES string of the molecule is Cc1ncc(C(C)(O)CC2CC2)n1C.